The van der Waals surface area contributed by atoms with Gasteiger partial charge in [0.05, 0.1) is 0 Å². The molecule has 2 heterocycles. The van der Waals surface area contributed by atoms with E-state index < -0.39 is 0 Å². The molecule has 7 nitrogen and oxygen atoms in total. The van der Waals surface area contributed by atoms with E-state index in [1.807, 2.05) is 42.5 Å². The summed E-state index contributed by atoms with van der Waals surface area (Å²) < 4.78 is 11.1. The fourth-order valence-electron chi connectivity index (χ4n) is 3.16. The van der Waals surface area contributed by atoms with E-state index in [0.29, 0.717) is 36.4 Å². The first-order valence-corrected chi connectivity index (χ1v) is 9.66. The number of carbonyl (C=O) groups excluding carboxylic acids is 1. The molecule has 29 heavy (non-hydrogen) atoms. The van der Waals surface area contributed by atoms with E-state index in [9.17, 15) is 4.79 Å². The van der Waals surface area contributed by atoms with Crippen LogP contribution in [0.1, 0.15) is 30.1 Å². The molecule has 0 bridgehead atoms. The van der Waals surface area contributed by atoms with Crippen LogP contribution in [0, 0.1) is 0 Å². The van der Waals surface area contributed by atoms with Crippen LogP contribution in [0.15, 0.2) is 48.5 Å². The van der Waals surface area contributed by atoms with E-state index in [-0.39, 0.29) is 5.91 Å². The van der Waals surface area contributed by atoms with E-state index in [0.717, 1.165) is 22.7 Å². The molecule has 2 aliphatic rings. The van der Waals surface area contributed by atoms with Crippen LogP contribution < -0.4 is 14.8 Å². The zero-order valence-corrected chi connectivity index (χ0v) is 15.7. The van der Waals surface area contributed by atoms with Crippen LogP contribution in [-0.4, -0.2) is 34.3 Å². The van der Waals surface area contributed by atoms with Crippen LogP contribution in [-0.2, 0) is 4.79 Å². The SMILES string of the molecule is O=C(/C=C/c1ccc2c(c1)OCCO2)Nc1ccc(-c2n[nH]c(C3CC3)n2)cc1. The van der Waals surface area contributed by atoms with Crippen molar-refractivity contribution in [2.45, 2.75) is 18.8 Å². The smallest absolute Gasteiger partial charge is 0.248 e. The third-order valence-electron chi connectivity index (χ3n) is 4.87. The van der Waals surface area contributed by atoms with Gasteiger partial charge >= 0.3 is 0 Å². The first-order valence-electron chi connectivity index (χ1n) is 9.66. The van der Waals surface area contributed by atoms with Gasteiger partial charge in [-0.05, 0) is 60.9 Å². The zero-order chi connectivity index (χ0) is 19.6. The average molecular weight is 388 g/mol. The first-order chi connectivity index (χ1) is 14.2. The molecule has 5 rings (SSSR count). The number of hydrogen-bond donors (Lipinski definition) is 2. The maximum absolute atomic E-state index is 12.2. The van der Waals surface area contributed by atoms with Gasteiger partial charge in [0.15, 0.2) is 17.3 Å². The first kappa shape index (κ1) is 17.5. The number of rotatable bonds is 5. The number of anilines is 1. The minimum Gasteiger partial charge on any atom is -0.486 e. The van der Waals surface area contributed by atoms with E-state index in [1.165, 1.54) is 18.9 Å². The van der Waals surface area contributed by atoms with Crippen molar-refractivity contribution < 1.29 is 14.3 Å². The second-order valence-electron chi connectivity index (χ2n) is 7.12. The van der Waals surface area contributed by atoms with Crippen LogP contribution in [0.4, 0.5) is 5.69 Å². The molecule has 1 aliphatic carbocycles. The molecule has 1 aliphatic heterocycles. The highest BCUT2D eigenvalue weighted by Crippen LogP contribution is 2.38. The Bertz CT molecular complexity index is 1070. The molecule has 146 valence electrons. The van der Waals surface area contributed by atoms with Gasteiger partial charge in [0.2, 0.25) is 5.91 Å². The van der Waals surface area contributed by atoms with Crippen molar-refractivity contribution in [1.29, 1.82) is 0 Å². The highest BCUT2D eigenvalue weighted by Gasteiger charge is 2.27. The topological polar surface area (TPSA) is 89.1 Å². The second kappa shape index (κ2) is 7.43. The molecule has 2 aromatic carbocycles. The van der Waals surface area contributed by atoms with Crippen LogP contribution in [0.2, 0.25) is 0 Å². The minimum atomic E-state index is -0.207. The third kappa shape index (κ3) is 3.99. The van der Waals surface area contributed by atoms with Gasteiger partial charge in [-0.2, -0.15) is 5.10 Å². The van der Waals surface area contributed by atoms with Crippen molar-refractivity contribution >= 4 is 17.7 Å². The molecule has 0 atom stereocenters. The molecule has 3 aromatic rings. The predicted molar refractivity (Wildman–Crippen MR) is 109 cm³/mol. The number of carbonyl (C=O) groups is 1. The summed E-state index contributed by atoms with van der Waals surface area (Å²) in [6, 6.07) is 13.1. The molecule has 1 saturated carbocycles. The molecule has 2 N–H and O–H groups in total. The maximum Gasteiger partial charge on any atom is 0.248 e. The molecule has 0 saturated heterocycles. The van der Waals surface area contributed by atoms with E-state index in [1.54, 1.807) is 6.08 Å². The van der Waals surface area contributed by atoms with Gasteiger partial charge < -0.3 is 14.8 Å². The van der Waals surface area contributed by atoms with Gasteiger partial charge in [0.1, 0.15) is 19.0 Å². The second-order valence-corrected chi connectivity index (χ2v) is 7.12. The van der Waals surface area contributed by atoms with E-state index in [2.05, 4.69) is 20.5 Å². The quantitative estimate of drug-likeness (QED) is 0.650. The summed E-state index contributed by atoms with van der Waals surface area (Å²) in [6.07, 6.45) is 5.60. The Morgan fingerprint density at radius 3 is 2.66 bits per heavy atom. The summed E-state index contributed by atoms with van der Waals surface area (Å²) in [5.74, 6) is 3.40. The third-order valence-corrected chi connectivity index (χ3v) is 4.87. The number of amides is 1. The van der Waals surface area contributed by atoms with Gasteiger partial charge in [-0.25, -0.2) is 4.98 Å². The Morgan fingerprint density at radius 1 is 1.07 bits per heavy atom. The standard InChI is InChI=1S/C22H20N4O3/c27-20(10-2-14-1-9-18-19(13-14)29-12-11-28-18)23-17-7-5-16(6-8-17)22-24-21(25-26-22)15-3-4-15/h1-2,5-10,13,15H,3-4,11-12H2,(H,23,27)(H,24,25,26)/b10-2+. The van der Waals surface area contributed by atoms with Gasteiger partial charge in [0, 0.05) is 23.2 Å². The summed E-state index contributed by atoms with van der Waals surface area (Å²) in [6.45, 7) is 1.09. The highest BCUT2D eigenvalue weighted by molar-refractivity contribution is 6.02. The Balaban J connectivity index is 1.21. The van der Waals surface area contributed by atoms with Crippen molar-refractivity contribution in [3.63, 3.8) is 0 Å². The normalized spacial score (nSPS) is 15.4. The van der Waals surface area contributed by atoms with Crippen molar-refractivity contribution in [2.75, 3.05) is 18.5 Å². The number of hydrogen-bond acceptors (Lipinski definition) is 5. The van der Waals surface area contributed by atoms with Crippen LogP contribution in [0.3, 0.4) is 0 Å². The number of nitrogens with one attached hydrogen (secondary N) is 2. The Labute approximate surface area is 167 Å². The predicted octanol–water partition coefficient (Wildman–Crippen LogP) is 3.77. The molecule has 1 fully saturated rings. The fraction of sp³-hybridized carbons (Fsp3) is 0.227. The summed E-state index contributed by atoms with van der Waals surface area (Å²) in [5, 5.41) is 10.1. The number of benzene rings is 2. The molecule has 1 aromatic heterocycles. The van der Waals surface area contributed by atoms with Gasteiger partial charge in [-0.1, -0.05) is 6.07 Å². The van der Waals surface area contributed by atoms with Crippen LogP contribution in [0.5, 0.6) is 11.5 Å². The molecule has 0 radical (unpaired) electrons. The Hall–Kier alpha value is -3.61. The van der Waals surface area contributed by atoms with Gasteiger partial charge in [0.25, 0.3) is 0 Å². The maximum atomic E-state index is 12.2. The number of aromatic nitrogens is 3. The monoisotopic (exact) mass is 388 g/mol. The summed E-state index contributed by atoms with van der Waals surface area (Å²) in [4.78, 5) is 16.8. The molecular formula is C22H20N4O3. The lowest BCUT2D eigenvalue weighted by Gasteiger charge is -2.18. The molecule has 7 heteroatoms. The van der Waals surface area contributed by atoms with Gasteiger partial charge in [-0.3, -0.25) is 9.89 Å². The number of nitrogens with zero attached hydrogens (tertiary/aromatic N) is 2. The molecule has 1 amide bonds. The number of ether oxygens (including phenoxy) is 2. The Kier molecular flexibility index (Phi) is 4.48. The number of H-pyrrole nitrogens is 1. The lowest BCUT2D eigenvalue weighted by Crippen LogP contribution is -2.15. The van der Waals surface area contributed by atoms with Crippen molar-refractivity contribution in [2.24, 2.45) is 0 Å². The van der Waals surface area contributed by atoms with Crippen molar-refractivity contribution in [1.82, 2.24) is 15.2 Å². The largest absolute Gasteiger partial charge is 0.486 e. The minimum absolute atomic E-state index is 0.207. The van der Waals surface area contributed by atoms with Crippen molar-refractivity contribution in [3.8, 4) is 22.9 Å². The fourth-order valence-corrected chi connectivity index (χ4v) is 3.16. The number of aromatic amines is 1. The molecule has 0 unspecified atom stereocenters. The van der Waals surface area contributed by atoms with Crippen LogP contribution >= 0.6 is 0 Å². The average Bonchev–Trinajstić information content (AvgIpc) is 3.49. The summed E-state index contributed by atoms with van der Waals surface area (Å²) in [5.41, 5.74) is 2.50. The Morgan fingerprint density at radius 2 is 1.86 bits per heavy atom. The molecule has 0 spiro atoms. The zero-order valence-electron chi connectivity index (χ0n) is 15.7. The summed E-state index contributed by atoms with van der Waals surface area (Å²) >= 11 is 0. The van der Waals surface area contributed by atoms with Crippen molar-refractivity contribution in [3.05, 3.63) is 59.9 Å². The van der Waals surface area contributed by atoms with Crippen LogP contribution in [0.25, 0.3) is 17.5 Å². The molecular weight excluding hydrogens is 368 g/mol. The van der Waals surface area contributed by atoms with E-state index in [4.69, 9.17) is 9.47 Å². The lowest BCUT2D eigenvalue weighted by atomic mass is 10.1. The van der Waals surface area contributed by atoms with Gasteiger partial charge in [-0.15, -0.1) is 0 Å². The lowest BCUT2D eigenvalue weighted by molar-refractivity contribution is -0.111. The number of fused-ring (bicyclic) bond motifs is 1. The highest BCUT2D eigenvalue weighted by atomic mass is 16.6. The summed E-state index contributed by atoms with van der Waals surface area (Å²) in [7, 11) is 0. The van der Waals surface area contributed by atoms with E-state index >= 15 is 0 Å².